The van der Waals surface area contributed by atoms with Crippen molar-refractivity contribution in [2.75, 3.05) is 13.2 Å². The summed E-state index contributed by atoms with van der Waals surface area (Å²) in [4.78, 5) is 0.169. The molecule has 6 nitrogen and oxygen atoms in total. The molecule has 0 aliphatic heterocycles. The minimum absolute atomic E-state index is 0.132. The third-order valence-electron chi connectivity index (χ3n) is 3.95. The molecule has 2 rings (SSSR count). The molecule has 1 fully saturated rings. The summed E-state index contributed by atoms with van der Waals surface area (Å²) in [7, 11) is -3.63. The lowest BCUT2D eigenvalue weighted by Gasteiger charge is -2.29. The number of benzene rings is 1. The third kappa shape index (κ3) is 4.59. The van der Waals surface area contributed by atoms with Crippen LogP contribution in [-0.2, 0) is 10.0 Å². The first-order chi connectivity index (χ1) is 11.0. The average molecular weight is 342 g/mol. The maximum atomic E-state index is 12.6. The first kappa shape index (κ1) is 18.0. The van der Waals surface area contributed by atoms with Gasteiger partial charge in [-0.25, -0.2) is 13.1 Å². The zero-order chi connectivity index (χ0) is 16.9. The molecule has 130 valence electrons. The maximum absolute atomic E-state index is 12.6. The molecule has 1 aromatic rings. The molecule has 7 heteroatoms. The molecule has 1 aliphatic rings. The Morgan fingerprint density at radius 2 is 1.78 bits per heavy atom. The lowest BCUT2D eigenvalue weighted by molar-refractivity contribution is 0.287. The monoisotopic (exact) mass is 342 g/mol. The van der Waals surface area contributed by atoms with Gasteiger partial charge in [0, 0.05) is 18.2 Å². The van der Waals surface area contributed by atoms with E-state index in [0.717, 1.165) is 25.7 Å². The molecule has 0 saturated heterocycles. The van der Waals surface area contributed by atoms with Crippen molar-refractivity contribution in [3.63, 3.8) is 0 Å². The largest absolute Gasteiger partial charge is 0.490 e. The molecule has 0 unspecified atom stereocenters. The van der Waals surface area contributed by atoms with E-state index >= 15 is 0 Å². The number of nitrogens with one attached hydrogen (secondary N) is 1. The molecule has 2 atom stereocenters. The molecule has 1 aliphatic carbocycles. The summed E-state index contributed by atoms with van der Waals surface area (Å²) < 4.78 is 38.9. The van der Waals surface area contributed by atoms with Crippen LogP contribution in [0.25, 0.3) is 0 Å². The summed E-state index contributed by atoms with van der Waals surface area (Å²) in [5.41, 5.74) is 6.03. The predicted molar refractivity (Wildman–Crippen MR) is 89.3 cm³/mol. The summed E-state index contributed by atoms with van der Waals surface area (Å²) in [6, 6.07) is 4.32. The smallest absolute Gasteiger partial charge is 0.241 e. The van der Waals surface area contributed by atoms with Crippen molar-refractivity contribution in [2.24, 2.45) is 5.73 Å². The number of nitrogens with two attached hydrogens (primary N) is 1. The normalized spacial score (nSPS) is 21.9. The van der Waals surface area contributed by atoms with Crippen molar-refractivity contribution in [3.8, 4) is 11.5 Å². The second kappa shape index (κ2) is 7.99. The first-order valence-corrected chi connectivity index (χ1v) is 9.63. The summed E-state index contributed by atoms with van der Waals surface area (Å²) >= 11 is 0. The Bertz CT molecular complexity index is 619. The van der Waals surface area contributed by atoms with Gasteiger partial charge in [0.15, 0.2) is 11.5 Å². The molecule has 0 heterocycles. The van der Waals surface area contributed by atoms with Crippen molar-refractivity contribution in [1.82, 2.24) is 4.72 Å². The Labute approximate surface area is 138 Å². The summed E-state index contributed by atoms with van der Waals surface area (Å²) in [6.45, 7) is 4.63. The van der Waals surface area contributed by atoms with Crippen LogP contribution >= 0.6 is 0 Å². The second-order valence-corrected chi connectivity index (χ2v) is 7.36. The molecule has 1 saturated carbocycles. The highest BCUT2D eigenvalue weighted by molar-refractivity contribution is 7.89. The van der Waals surface area contributed by atoms with Crippen molar-refractivity contribution in [1.29, 1.82) is 0 Å². The van der Waals surface area contributed by atoms with E-state index in [1.165, 1.54) is 12.1 Å². The zero-order valence-corrected chi connectivity index (χ0v) is 14.6. The minimum atomic E-state index is -3.63. The van der Waals surface area contributed by atoms with Gasteiger partial charge in [-0.15, -0.1) is 0 Å². The molecule has 0 radical (unpaired) electrons. The Morgan fingerprint density at radius 1 is 1.13 bits per heavy atom. The highest BCUT2D eigenvalue weighted by Crippen LogP contribution is 2.30. The van der Waals surface area contributed by atoms with Crippen LogP contribution in [0.3, 0.4) is 0 Å². The minimum Gasteiger partial charge on any atom is -0.490 e. The first-order valence-electron chi connectivity index (χ1n) is 8.15. The molecular weight excluding hydrogens is 316 g/mol. The van der Waals surface area contributed by atoms with Crippen LogP contribution < -0.4 is 19.9 Å². The molecule has 1 aromatic carbocycles. The van der Waals surface area contributed by atoms with Crippen LogP contribution in [-0.4, -0.2) is 33.7 Å². The van der Waals surface area contributed by atoms with E-state index in [1.54, 1.807) is 6.07 Å². The van der Waals surface area contributed by atoms with Crippen LogP contribution in [0.2, 0.25) is 0 Å². The predicted octanol–water partition coefficient (Wildman–Crippen LogP) is 2.03. The number of sulfonamides is 1. The highest BCUT2D eigenvalue weighted by Gasteiger charge is 2.27. The lowest BCUT2D eigenvalue weighted by atomic mass is 9.92. The third-order valence-corrected chi connectivity index (χ3v) is 5.44. The fourth-order valence-corrected chi connectivity index (χ4v) is 4.11. The topological polar surface area (TPSA) is 90.7 Å². The molecule has 0 aromatic heterocycles. The molecule has 3 N–H and O–H groups in total. The van der Waals surface area contributed by atoms with Gasteiger partial charge in [0.05, 0.1) is 18.1 Å². The molecule has 0 amide bonds. The summed E-state index contributed by atoms with van der Waals surface area (Å²) in [6.07, 6.45) is 3.67. The van der Waals surface area contributed by atoms with Crippen molar-refractivity contribution >= 4 is 10.0 Å². The summed E-state index contributed by atoms with van der Waals surface area (Å²) in [5, 5.41) is 0. The fraction of sp³-hybridized carbons (Fsp3) is 0.625. The van der Waals surface area contributed by atoms with Crippen LogP contribution in [0, 0.1) is 0 Å². The van der Waals surface area contributed by atoms with Gasteiger partial charge in [-0.1, -0.05) is 12.8 Å². The van der Waals surface area contributed by atoms with Gasteiger partial charge >= 0.3 is 0 Å². The molecular formula is C16H26N2O4S. The van der Waals surface area contributed by atoms with Crippen molar-refractivity contribution in [3.05, 3.63) is 18.2 Å². The second-order valence-electron chi connectivity index (χ2n) is 5.65. The molecule has 23 heavy (non-hydrogen) atoms. The number of hydrogen-bond acceptors (Lipinski definition) is 5. The van der Waals surface area contributed by atoms with E-state index in [4.69, 9.17) is 15.2 Å². The van der Waals surface area contributed by atoms with Gasteiger partial charge in [0.2, 0.25) is 10.0 Å². The van der Waals surface area contributed by atoms with Gasteiger partial charge < -0.3 is 15.2 Å². The van der Waals surface area contributed by atoms with Gasteiger partial charge in [-0.05, 0) is 38.8 Å². The lowest BCUT2D eigenvalue weighted by Crippen LogP contribution is -2.49. The van der Waals surface area contributed by atoms with E-state index < -0.39 is 10.0 Å². The molecule has 0 bridgehead atoms. The van der Waals surface area contributed by atoms with E-state index in [1.807, 2.05) is 13.8 Å². The number of hydrogen-bond donors (Lipinski definition) is 2. The quantitative estimate of drug-likeness (QED) is 0.791. The van der Waals surface area contributed by atoms with E-state index in [0.29, 0.717) is 24.7 Å². The van der Waals surface area contributed by atoms with E-state index in [2.05, 4.69) is 4.72 Å². The van der Waals surface area contributed by atoms with E-state index in [-0.39, 0.29) is 17.0 Å². The average Bonchev–Trinajstić information content (AvgIpc) is 2.51. The fourth-order valence-electron chi connectivity index (χ4n) is 2.77. The van der Waals surface area contributed by atoms with Gasteiger partial charge in [-0.2, -0.15) is 0 Å². The Morgan fingerprint density at radius 3 is 2.43 bits per heavy atom. The zero-order valence-electron chi connectivity index (χ0n) is 13.7. The molecule has 0 spiro atoms. The summed E-state index contributed by atoms with van der Waals surface area (Å²) in [5.74, 6) is 0.979. The van der Waals surface area contributed by atoms with Crippen molar-refractivity contribution < 1.29 is 17.9 Å². The van der Waals surface area contributed by atoms with Crippen LogP contribution in [0.15, 0.2) is 23.1 Å². The number of rotatable bonds is 7. The van der Waals surface area contributed by atoms with Crippen LogP contribution in [0.5, 0.6) is 11.5 Å². The Balaban J connectivity index is 2.22. The SMILES string of the molecule is CCOc1ccc(S(=O)(=O)N[C@@H]2CCCC[C@H]2N)cc1OCC. The Hall–Kier alpha value is -1.31. The van der Waals surface area contributed by atoms with Gasteiger partial charge in [0.25, 0.3) is 0 Å². The van der Waals surface area contributed by atoms with Crippen LogP contribution in [0.1, 0.15) is 39.5 Å². The Kier molecular flexibility index (Phi) is 6.26. The van der Waals surface area contributed by atoms with E-state index in [9.17, 15) is 8.42 Å². The van der Waals surface area contributed by atoms with Gasteiger partial charge in [-0.3, -0.25) is 0 Å². The highest BCUT2D eigenvalue weighted by atomic mass is 32.2. The maximum Gasteiger partial charge on any atom is 0.241 e. The standard InChI is InChI=1S/C16H26N2O4S/c1-3-21-15-10-9-12(11-16(15)22-4-2)23(19,20)18-14-8-6-5-7-13(14)17/h9-11,13-14,18H,3-8,17H2,1-2H3/t13-,14-/m1/s1. The van der Waals surface area contributed by atoms with Crippen LogP contribution in [0.4, 0.5) is 0 Å². The van der Waals surface area contributed by atoms with Gasteiger partial charge in [0.1, 0.15) is 0 Å². The number of ether oxygens (including phenoxy) is 2. The van der Waals surface area contributed by atoms with Crippen molar-refractivity contribution in [2.45, 2.75) is 56.5 Å².